The standard InChI is InChI=1S/C20H29N3O/c1-17(22(2)16-18-10-5-3-6-11-18)20(24)23(15-9-14-21)19-12-7-4-8-13-19/h4,7-8,12-13,17-18H,3,5-6,9-11,15-16H2,1-2H3. The number of rotatable bonds is 7. The van der Waals surface area contributed by atoms with Crippen LogP contribution in [0.3, 0.4) is 0 Å². The van der Waals surface area contributed by atoms with Crippen molar-refractivity contribution in [3.63, 3.8) is 0 Å². The molecule has 2 rings (SSSR count). The largest absolute Gasteiger partial charge is 0.310 e. The minimum absolute atomic E-state index is 0.0785. The monoisotopic (exact) mass is 327 g/mol. The molecule has 0 aromatic heterocycles. The van der Waals surface area contributed by atoms with E-state index in [-0.39, 0.29) is 11.9 Å². The Hall–Kier alpha value is -1.86. The zero-order valence-electron chi connectivity index (χ0n) is 14.9. The predicted octanol–water partition coefficient (Wildman–Crippen LogP) is 3.83. The Morgan fingerprint density at radius 2 is 1.92 bits per heavy atom. The highest BCUT2D eigenvalue weighted by Gasteiger charge is 2.26. The number of likely N-dealkylation sites (N-methyl/N-ethyl adjacent to an activating group) is 1. The first-order valence-electron chi connectivity index (χ1n) is 9.07. The van der Waals surface area contributed by atoms with Crippen LogP contribution in [0, 0.1) is 17.2 Å². The molecule has 0 saturated heterocycles. The molecule has 0 spiro atoms. The van der Waals surface area contributed by atoms with Crippen molar-refractivity contribution in [1.82, 2.24) is 4.90 Å². The Bertz CT molecular complexity index is 546. The van der Waals surface area contributed by atoms with Crippen LogP contribution in [-0.4, -0.2) is 37.0 Å². The van der Waals surface area contributed by atoms with Gasteiger partial charge in [-0.05, 0) is 44.9 Å². The molecule has 1 unspecified atom stereocenters. The maximum Gasteiger partial charge on any atom is 0.244 e. The van der Waals surface area contributed by atoms with Crippen molar-refractivity contribution >= 4 is 11.6 Å². The van der Waals surface area contributed by atoms with Crippen molar-refractivity contribution in [3.05, 3.63) is 30.3 Å². The average molecular weight is 327 g/mol. The molecule has 1 aliphatic rings. The minimum atomic E-state index is -0.175. The van der Waals surface area contributed by atoms with E-state index < -0.39 is 0 Å². The van der Waals surface area contributed by atoms with Crippen molar-refractivity contribution in [2.24, 2.45) is 5.92 Å². The topological polar surface area (TPSA) is 47.3 Å². The maximum absolute atomic E-state index is 13.0. The summed E-state index contributed by atoms with van der Waals surface area (Å²) in [5.74, 6) is 0.790. The third-order valence-corrected chi connectivity index (χ3v) is 5.07. The Labute approximate surface area is 146 Å². The van der Waals surface area contributed by atoms with Crippen molar-refractivity contribution in [3.8, 4) is 6.07 Å². The molecular weight excluding hydrogens is 298 g/mol. The van der Waals surface area contributed by atoms with Crippen LogP contribution in [0.25, 0.3) is 0 Å². The number of para-hydroxylation sites is 1. The lowest BCUT2D eigenvalue weighted by Gasteiger charge is -2.33. The van der Waals surface area contributed by atoms with E-state index in [1.54, 1.807) is 4.90 Å². The molecule has 0 N–H and O–H groups in total. The Kier molecular flexibility index (Phi) is 7.27. The number of hydrogen-bond donors (Lipinski definition) is 0. The second-order valence-corrected chi connectivity index (χ2v) is 6.85. The summed E-state index contributed by atoms with van der Waals surface area (Å²) in [4.78, 5) is 16.9. The SMILES string of the molecule is CC(C(=O)N(CCC#N)c1ccccc1)N(C)CC1CCCCC1. The number of hydrogen-bond acceptors (Lipinski definition) is 3. The summed E-state index contributed by atoms with van der Waals surface area (Å²) >= 11 is 0. The van der Waals surface area contributed by atoms with E-state index in [2.05, 4.69) is 11.0 Å². The summed E-state index contributed by atoms with van der Waals surface area (Å²) in [5.41, 5.74) is 0.871. The van der Waals surface area contributed by atoms with Crippen LogP contribution < -0.4 is 4.90 Å². The van der Waals surface area contributed by atoms with Crippen LogP contribution in [0.2, 0.25) is 0 Å². The van der Waals surface area contributed by atoms with Gasteiger partial charge in [0.25, 0.3) is 0 Å². The van der Waals surface area contributed by atoms with Crippen molar-refractivity contribution in [2.45, 2.75) is 51.5 Å². The van der Waals surface area contributed by atoms with Crippen LogP contribution in [0.4, 0.5) is 5.69 Å². The molecule has 0 bridgehead atoms. The molecule has 1 fully saturated rings. The fourth-order valence-electron chi connectivity index (χ4n) is 3.49. The van der Waals surface area contributed by atoms with Gasteiger partial charge in [0, 0.05) is 18.8 Å². The molecule has 0 aliphatic heterocycles. The van der Waals surface area contributed by atoms with Gasteiger partial charge in [0.1, 0.15) is 0 Å². The number of nitrogens with zero attached hydrogens (tertiary/aromatic N) is 3. The summed E-state index contributed by atoms with van der Waals surface area (Å²) in [6.45, 7) is 3.40. The van der Waals surface area contributed by atoms with Crippen molar-refractivity contribution in [2.75, 3.05) is 25.0 Å². The van der Waals surface area contributed by atoms with Gasteiger partial charge in [-0.2, -0.15) is 5.26 Å². The van der Waals surface area contributed by atoms with Crippen LogP contribution in [0.1, 0.15) is 45.4 Å². The Balaban J connectivity index is 2.02. The second-order valence-electron chi connectivity index (χ2n) is 6.85. The molecule has 4 nitrogen and oxygen atoms in total. The first kappa shape index (κ1) is 18.5. The average Bonchev–Trinajstić information content (AvgIpc) is 2.63. The van der Waals surface area contributed by atoms with Crippen LogP contribution >= 0.6 is 0 Å². The number of carbonyl (C=O) groups excluding carboxylic acids is 1. The van der Waals surface area contributed by atoms with E-state index in [1.165, 1.54) is 32.1 Å². The summed E-state index contributed by atoms with van der Waals surface area (Å²) in [7, 11) is 2.05. The van der Waals surface area contributed by atoms with E-state index in [1.807, 2.05) is 44.3 Å². The van der Waals surface area contributed by atoms with Crippen molar-refractivity contribution in [1.29, 1.82) is 5.26 Å². The van der Waals surface area contributed by atoms with E-state index in [0.717, 1.165) is 12.2 Å². The highest BCUT2D eigenvalue weighted by molar-refractivity contribution is 5.96. The summed E-state index contributed by atoms with van der Waals surface area (Å²) < 4.78 is 0. The zero-order valence-corrected chi connectivity index (χ0v) is 14.9. The predicted molar refractivity (Wildman–Crippen MR) is 97.7 cm³/mol. The quantitative estimate of drug-likeness (QED) is 0.764. The van der Waals surface area contributed by atoms with Crippen molar-refractivity contribution < 1.29 is 4.79 Å². The van der Waals surface area contributed by atoms with E-state index in [0.29, 0.717) is 18.9 Å². The van der Waals surface area contributed by atoms with Crippen LogP contribution in [0.15, 0.2) is 30.3 Å². The normalized spacial score (nSPS) is 16.6. The molecule has 130 valence electrons. The lowest BCUT2D eigenvalue weighted by molar-refractivity contribution is -0.123. The van der Waals surface area contributed by atoms with Gasteiger partial charge in [0.15, 0.2) is 0 Å². The molecule has 0 radical (unpaired) electrons. The fraction of sp³-hybridized carbons (Fsp3) is 0.600. The zero-order chi connectivity index (χ0) is 17.4. The van der Waals surface area contributed by atoms with Crippen LogP contribution in [-0.2, 0) is 4.79 Å². The molecule has 1 aliphatic carbocycles. The van der Waals surface area contributed by atoms with Gasteiger partial charge in [0.05, 0.1) is 18.5 Å². The number of nitriles is 1. The summed E-state index contributed by atoms with van der Waals surface area (Å²) in [6, 6.07) is 11.6. The molecule has 1 amide bonds. The van der Waals surface area contributed by atoms with Crippen LogP contribution in [0.5, 0.6) is 0 Å². The number of amides is 1. The molecule has 1 aromatic carbocycles. The van der Waals surface area contributed by atoms with E-state index in [9.17, 15) is 4.79 Å². The van der Waals surface area contributed by atoms with E-state index >= 15 is 0 Å². The molecule has 1 saturated carbocycles. The molecule has 0 heterocycles. The second kappa shape index (κ2) is 9.44. The van der Waals surface area contributed by atoms with Gasteiger partial charge in [-0.3, -0.25) is 9.69 Å². The minimum Gasteiger partial charge on any atom is -0.310 e. The highest BCUT2D eigenvalue weighted by atomic mass is 16.2. The van der Waals surface area contributed by atoms with Gasteiger partial charge >= 0.3 is 0 Å². The van der Waals surface area contributed by atoms with Gasteiger partial charge in [-0.15, -0.1) is 0 Å². The third kappa shape index (κ3) is 5.07. The summed E-state index contributed by atoms with van der Waals surface area (Å²) in [5, 5.41) is 8.91. The van der Waals surface area contributed by atoms with Gasteiger partial charge < -0.3 is 4.90 Å². The maximum atomic E-state index is 13.0. The molecule has 24 heavy (non-hydrogen) atoms. The number of anilines is 1. The Morgan fingerprint density at radius 3 is 2.54 bits per heavy atom. The first-order chi connectivity index (χ1) is 11.6. The van der Waals surface area contributed by atoms with Gasteiger partial charge in [0.2, 0.25) is 5.91 Å². The van der Waals surface area contributed by atoms with Gasteiger partial charge in [-0.25, -0.2) is 0 Å². The molecular formula is C20H29N3O. The molecule has 4 heteroatoms. The lowest BCUT2D eigenvalue weighted by atomic mass is 9.89. The highest BCUT2D eigenvalue weighted by Crippen LogP contribution is 2.25. The summed E-state index contributed by atoms with van der Waals surface area (Å²) in [6.07, 6.45) is 6.90. The Morgan fingerprint density at radius 1 is 1.25 bits per heavy atom. The number of carbonyl (C=O) groups is 1. The lowest BCUT2D eigenvalue weighted by Crippen LogP contribution is -2.47. The number of benzene rings is 1. The fourth-order valence-corrected chi connectivity index (χ4v) is 3.49. The van der Waals surface area contributed by atoms with E-state index in [4.69, 9.17) is 5.26 Å². The first-order valence-corrected chi connectivity index (χ1v) is 9.07. The smallest absolute Gasteiger partial charge is 0.244 e. The molecule has 1 aromatic rings. The molecule has 1 atom stereocenters. The van der Waals surface area contributed by atoms with Gasteiger partial charge in [-0.1, -0.05) is 37.5 Å². The third-order valence-electron chi connectivity index (χ3n) is 5.07.